The summed E-state index contributed by atoms with van der Waals surface area (Å²) in [6, 6.07) is 1.69. The van der Waals surface area contributed by atoms with Crippen molar-refractivity contribution >= 4 is 18.4 Å². The van der Waals surface area contributed by atoms with Crippen LogP contribution < -0.4 is 0 Å². The van der Waals surface area contributed by atoms with Crippen molar-refractivity contribution < 1.29 is 14.4 Å². The van der Waals surface area contributed by atoms with E-state index in [0.29, 0.717) is 18.4 Å². The average molecular weight is 222 g/mol. The molecule has 0 fully saturated rings. The van der Waals surface area contributed by atoms with Crippen LogP contribution in [0.1, 0.15) is 26.5 Å². The summed E-state index contributed by atoms with van der Waals surface area (Å²) in [6.45, 7) is 6.01. The molecular formula is C11H14N2O3. The molecule has 16 heavy (non-hydrogen) atoms. The Kier molecular flexibility index (Phi) is 3.60. The molecule has 0 amide bonds. The number of aliphatic imine (C=N–C) groups is 1. The number of aliphatic hydroxyl groups excluding tert-OH is 1. The van der Waals surface area contributed by atoms with Crippen LogP contribution in [0.25, 0.3) is 0 Å². The summed E-state index contributed by atoms with van der Waals surface area (Å²) >= 11 is 0. The number of aliphatic hydroxyl groups is 1. The summed E-state index contributed by atoms with van der Waals surface area (Å²) in [5.41, 5.74) is 0.728. The maximum absolute atomic E-state index is 10.4. The van der Waals surface area contributed by atoms with Gasteiger partial charge in [-0.05, 0) is 0 Å². The van der Waals surface area contributed by atoms with Gasteiger partial charge in [0.2, 0.25) is 0 Å². The standard InChI is InChI=1S/C11H14N2O3/c1-11(2,3)9-4-10(16-13-9)12-5-8(6-14)7-15/h4-7,14H,1-3H3/b8-6-,12-5+. The van der Waals surface area contributed by atoms with Crippen LogP contribution in [0.15, 0.2) is 27.4 Å². The molecule has 86 valence electrons. The smallest absolute Gasteiger partial charge is 0.250 e. The third-order valence-corrected chi connectivity index (χ3v) is 1.89. The molecule has 1 aromatic rings. The Morgan fingerprint density at radius 2 is 2.25 bits per heavy atom. The van der Waals surface area contributed by atoms with Gasteiger partial charge in [0.15, 0.2) is 6.29 Å². The van der Waals surface area contributed by atoms with Gasteiger partial charge in [0.05, 0.1) is 17.5 Å². The minimum atomic E-state index is -0.114. The molecule has 0 radical (unpaired) electrons. The van der Waals surface area contributed by atoms with Gasteiger partial charge in [-0.1, -0.05) is 25.9 Å². The molecule has 5 heteroatoms. The SMILES string of the molecule is CC(C)(C)c1cc(/N=C/C(C=O)=C/O)on1. The van der Waals surface area contributed by atoms with Crippen LogP contribution in [-0.4, -0.2) is 22.8 Å². The predicted octanol–water partition coefficient (Wildman–Crippen LogP) is 2.32. The van der Waals surface area contributed by atoms with Gasteiger partial charge in [0, 0.05) is 17.7 Å². The normalized spacial score (nSPS) is 13.3. The first-order valence-electron chi connectivity index (χ1n) is 4.78. The van der Waals surface area contributed by atoms with E-state index in [2.05, 4.69) is 10.1 Å². The van der Waals surface area contributed by atoms with Gasteiger partial charge >= 0.3 is 0 Å². The Labute approximate surface area is 93.5 Å². The molecule has 0 unspecified atom stereocenters. The first kappa shape index (κ1) is 12.2. The molecule has 0 aliphatic rings. The van der Waals surface area contributed by atoms with E-state index >= 15 is 0 Å². The van der Waals surface area contributed by atoms with Crippen molar-refractivity contribution in [3.8, 4) is 0 Å². The van der Waals surface area contributed by atoms with E-state index in [1.807, 2.05) is 20.8 Å². The molecule has 0 atom stereocenters. The molecule has 0 saturated heterocycles. The van der Waals surface area contributed by atoms with E-state index in [1.165, 1.54) is 6.21 Å². The molecule has 1 rings (SSSR count). The molecule has 0 saturated carbocycles. The first-order valence-corrected chi connectivity index (χ1v) is 4.78. The first-order chi connectivity index (χ1) is 7.47. The Morgan fingerprint density at radius 1 is 1.56 bits per heavy atom. The monoisotopic (exact) mass is 222 g/mol. The molecule has 1 aromatic heterocycles. The van der Waals surface area contributed by atoms with Gasteiger partial charge in [-0.25, -0.2) is 4.99 Å². The summed E-state index contributed by atoms with van der Waals surface area (Å²) in [4.78, 5) is 14.2. The molecular weight excluding hydrogens is 208 g/mol. The number of nitrogens with zero attached hydrogens (tertiary/aromatic N) is 2. The third kappa shape index (κ3) is 3.05. The summed E-state index contributed by atoms with van der Waals surface area (Å²) in [6.07, 6.45) is 2.38. The highest BCUT2D eigenvalue weighted by Crippen LogP contribution is 2.24. The minimum absolute atomic E-state index is 0.0636. The maximum atomic E-state index is 10.4. The second-order valence-corrected chi connectivity index (χ2v) is 4.31. The van der Waals surface area contributed by atoms with Gasteiger partial charge in [-0.2, -0.15) is 0 Å². The fraction of sp³-hybridized carbons (Fsp3) is 0.364. The topological polar surface area (TPSA) is 75.7 Å². The summed E-state index contributed by atoms with van der Waals surface area (Å²) in [5, 5.41) is 12.5. The van der Waals surface area contributed by atoms with Gasteiger partial charge < -0.3 is 9.63 Å². The van der Waals surface area contributed by atoms with Crippen molar-refractivity contribution in [1.29, 1.82) is 0 Å². The van der Waals surface area contributed by atoms with E-state index in [1.54, 1.807) is 6.07 Å². The lowest BCUT2D eigenvalue weighted by molar-refractivity contribution is -0.104. The zero-order chi connectivity index (χ0) is 12.2. The van der Waals surface area contributed by atoms with Gasteiger partial charge in [0.1, 0.15) is 0 Å². The van der Waals surface area contributed by atoms with Crippen molar-refractivity contribution in [2.75, 3.05) is 0 Å². The number of aromatic nitrogens is 1. The van der Waals surface area contributed by atoms with Crippen molar-refractivity contribution in [2.24, 2.45) is 4.99 Å². The van der Waals surface area contributed by atoms with Crippen LogP contribution in [0.5, 0.6) is 0 Å². The molecule has 0 aliphatic carbocycles. The van der Waals surface area contributed by atoms with E-state index in [-0.39, 0.29) is 11.0 Å². The van der Waals surface area contributed by atoms with Gasteiger partial charge in [-0.15, -0.1) is 0 Å². The highest BCUT2D eigenvalue weighted by Gasteiger charge is 2.18. The number of aldehydes is 1. The number of allylic oxidation sites excluding steroid dienone is 1. The molecule has 1 heterocycles. The lowest BCUT2D eigenvalue weighted by Gasteiger charge is -2.12. The Bertz CT molecular complexity index is 425. The van der Waals surface area contributed by atoms with Crippen molar-refractivity contribution in [3.05, 3.63) is 23.6 Å². The summed E-state index contributed by atoms with van der Waals surface area (Å²) in [5.74, 6) is 0.297. The van der Waals surface area contributed by atoms with Crippen LogP contribution in [0, 0.1) is 0 Å². The Morgan fingerprint density at radius 3 is 2.69 bits per heavy atom. The van der Waals surface area contributed by atoms with E-state index < -0.39 is 0 Å². The number of hydrogen-bond donors (Lipinski definition) is 1. The van der Waals surface area contributed by atoms with Crippen LogP contribution >= 0.6 is 0 Å². The fourth-order valence-electron chi connectivity index (χ4n) is 0.912. The predicted molar refractivity (Wildman–Crippen MR) is 60.1 cm³/mol. The molecule has 5 nitrogen and oxygen atoms in total. The van der Waals surface area contributed by atoms with Crippen molar-refractivity contribution in [2.45, 2.75) is 26.2 Å². The molecule has 1 N–H and O–H groups in total. The van der Waals surface area contributed by atoms with Gasteiger partial charge in [0.25, 0.3) is 5.88 Å². The molecule has 0 aliphatic heterocycles. The lowest BCUT2D eigenvalue weighted by Crippen LogP contribution is -2.10. The molecule has 0 aromatic carbocycles. The lowest BCUT2D eigenvalue weighted by atomic mass is 9.92. The number of carbonyl (C=O) groups is 1. The van der Waals surface area contributed by atoms with E-state index in [9.17, 15) is 4.79 Å². The zero-order valence-corrected chi connectivity index (χ0v) is 9.47. The second kappa shape index (κ2) is 4.74. The van der Waals surface area contributed by atoms with Gasteiger partial charge in [-0.3, -0.25) is 4.79 Å². The summed E-state index contributed by atoms with van der Waals surface area (Å²) in [7, 11) is 0. The van der Waals surface area contributed by atoms with Crippen molar-refractivity contribution in [1.82, 2.24) is 5.16 Å². The number of hydrogen-bond acceptors (Lipinski definition) is 5. The average Bonchev–Trinajstić information content (AvgIpc) is 2.67. The van der Waals surface area contributed by atoms with Crippen LogP contribution in [0.4, 0.5) is 5.88 Å². The second-order valence-electron chi connectivity index (χ2n) is 4.31. The maximum Gasteiger partial charge on any atom is 0.250 e. The van der Waals surface area contributed by atoms with Crippen LogP contribution in [-0.2, 0) is 10.2 Å². The third-order valence-electron chi connectivity index (χ3n) is 1.89. The minimum Gasteiger partial charge on any atom is -0.515 e. The van der Waals surface area contributed by atoms with Crippen molar-refractivity contribution in [3.63, 3.8) is 0 Å². The Balaban J connectivity index is 2.84. The molecule has 0 bridgehead atoms. The van der Waals surface area contributed by atoms with E-state index in [0.717, 1.165) is 5.69 Å². The van der Waals surface area contributed by atoms with Crippen LogP contribution in [0.2, 0.25) is 0 Å². The summed E-state index contributed by atoms with van der Waals surface area (Å²) < 4.78 is 4.96. The highest BCUT2D eigenvalue weighted by atomic mass is 16.5. The fourth-order valence-corrected chi connectivity index (χ4v) is 0.912. The zero-order valence-electron chi connectivity index (χ0n) is 9.47. The van der Waals surface area contributed by atoms with E-state index in [4.69, 9.17) is 9.63 Å². The van der Waals surface area contributed by atoms with Crippen LogP contribution in [0.3, 0.4) is 0 Å². The molecule has 0 spiro atoms. The Hall–Kier alpha value is -1.91. The number of rotatable bonds is 3. The largest absolute Gasteiger partial charge is 0.515 e. The quantitative estimate of drug-likeness (QED) is 0.368. The number of carbonyl (C=O) groups excluding carboxylic acids is 1. The highest BCUT2D eigenvalue weighted by molar-refractivity contribution is 6.01.